The zero-order chi connectivity index (χ0) is 11.4. The van der Waals surface area contributed by atoms with E-state index in [9.17, 15) is 0 Å². The molecule has 1 fully saturated rings. The third-order valence-electron chi connectivity index (χ3n) is 3.42. The van der Waals surface area contributed by atoms with Crippen molar-refractivity contribution in [2.75, 3.05) is 24.2 Å². The first-order chi connectivity index (χ1) is 7.75. The van der Waals surface area contributed by atoms with Crippen LogP contribution >= 0.6 is 0 Å². The van der Waals surface area contributed by atoms with Crippen molar-refractivity contribution < 1.29 is 0 Å². The van der Waals surface area contributed by atoms with E-state index in [-0.39, 0.29) is 0 Å². The molecule has 1 aromatic rings. The molecule has 0 unspecified atom stereocenters. The quantitative estimate of drug-likeness (QED) is 0.850. The summed E-state index contributed by atoms with van der Waals surface area (Å²) in [5.74, 6) is 1.83. The van der Waals surface area contributed by atoms with Gasteiger partial charge in [0.15, 0.2) is 0 Å². The maximum Gasteiger partial charge on any atom is 0.130 e. The lowest BCUT2D eigenvalue weighted by molar-refractivity contribution is 0.361. The van der Waals surface area contributed by atoms with Crippen molar-refractivity contribution in [1.29, 1.82) is 0 Å². The number of nitrogen functional groups attached to an aromatic ring is 1. The average molecular weight is 219 g/mol. The molecule has 3 nitrogen and oxygen atoms in total. The second-order valence-corrected chi connectivity index (χ2v) is 4.83. The predicted molar refractivity (Wildman–Crippen MR) is 68.5 cm³/mol. The molecule has 0 saturated heterocycles. The van der Waals surface area contributed by atoms with E-state index in [0.29, 0.717) is 0 Å². The minimum absolute atomic E-state index is 0.792. The van der Waals surface area contributed by atoms with Crippen molar-refractivity contribution in [2.24, 2.45) is 5.92 Å². The molecule has 1 aliphatic rings. The van der Waals surface area contributed by atoms with E-state index in [2.05, 4.69) is 16.9 Å². The van der Waals surface area contributed by atoms with Crippen molar-refractivity contribution in [1.82, 2.24) is 4.98 Å². The third-order valence-corrected chi connectivity index (χ3v) is 3.42. The Morgan fingerprint density at radius 3 is 2.81 bits per heavy atom. The largest absolute Gasteiger partial charge is 0.399 e. The Labute approximate surface area is 97.7 Å². The molecule has 0 aromatic carbocycles. The highest BCUT2D eigenvalue weighted by molar-refractivity contribution is 5.49. The van der Waals surface area contributed by atoms with Crippen LogP contribution < -0.4 is 10.6 Å². The van der Waals surface area contributed by atoms with Crippen LogP contribution in [0.3, 0.4) is 0 Å². The lowest BCUT2D eigenvalue weighted by Gasteiger charge is -2.27. The maximum atomic E-state index is 5.76. The van der Waals surface area contributed by atoms with Crippen molar-refractivity contribution in [3.8, 4) is 0 Å². The van der Waals surface area contributed by atoms with E-state index < -0.39 is 0 Å². The smallest absolute Gasteiger partial charge is 0.130 e. The monoisotopic (exact) mass is 219 g/mol. The number of aromatic nitrogens is 1. The van der Waals surface area contributed by atoms with Crippen molar-refractivity contribution in [3.05, 3.63) is 18.3 Å². The molecule has 1 aliphatic carbocycles. The van der Waals surface area contributed by atoms with E-state index >= 15 is 0 Å². The minimum Gasteiger partial charge on any atom is -0.399 e. The zero-order valence-corrected chi connectivity index (χ0v) is 10.0. The number of pyridine rings is 1. The Kier molecular flexibility index (Phi) is 3.65. The van der Waals surface area contributed by atoms with Crippen molar-refractivity contribution in [2.45, 2.75) is 32.1 Å². The summed E-state index contributed by atoms with van der Waals surface area (Å²) in [7, 11) is 2.11. The summed E-state index contributed by atoms with van der Waals surface area (Å²) in [6.45, 7) is 1.11. The lowest BCUT2D eigenvalue weighted by atomic mass is 9.89. The summed E-state index contributed by atoms with van der Waals surface area (Å²) in [6, 6.07) is 3.78. The summed E-state index contributed by atoms with van der Waals surface area (Å²) < 4.78 is 0. The molecule has 2 N–H and O–H groups in total. The third kappa shape index (κ3) is 2.87. The van der Waals surface area contributed by atoms with Gasteiger partial charge in [0.25, 0.3) is 0 Å². The molecule has 0 bridgehead atoms. The maximum absolute atomic E-state index is 5.76. The molecule has 0 radical (unpaired) electrons. The van der Waals surface area contributed by atoms with Crippen LogP contribution in [0, 0.1) is 5.92 Å². The molecule has 0 aliphatic heterocycles. The molecule has 3 heteroatoms. The minimum atomic E-state index is 0.792. The SMILES string of the molecule is CN(CC1CCCCC1)c1cc(N)ccn1. The fourth-order valence-electron chi connectivity index (χ4n) is 2.49. The van der Waals surface area contributed by atoms with Crippen LogP contribution in [0.5, 0.6) is 0 Å². The molecule has 16 heavy (non-hydrogen) atoms. The number of hydrogen-bond donors (Lipinski definition) is 1. The first-order valence-corrected chi connectivity index (χ1v) is 6.18. The highest BCUT2D eigenvalue weighted by atomic mass is 15.2. The van der Waals surface area contributed by atoms with Crippen molar-refractivity contribution in [3.63, 3.8) is 0 Å². The number of hydrogen-bond acceptors (Lipinski definition) is 3. The molecule has 1 saturated carbocycles. The van der Waals surface area contributed by atoms with Crippen LogP contribution in [0.15, 0.2) is 18.3 Å². The van der Waals surface area contributed by atoms with Gasteiger partial charge in [0, 0.05) is 31.5 Å². The summed E-state index contributed by atoms with van der Waals surface area (Å²) in [6.07, 6.45) is 8.71. The zero-order valence-electron chi connectivity index (χ0n) is 10.0. The van der Waals surface area contributed by atoms with Crippen LogP contribution in [0.25, 0.3) is 0 Å². The van der Waals surface area contributed by atoms with Gasteiger partial charge in [-0.3, -0.25) is 0 Å². The highest BCUT2D eigenvalue weighted by Gasteiger charge is 2.15. The number of nitrogens with two attached hydrogens (primary N) is 1. The number of rotatable bonds is 3. The van der Waals surface area contributed by atoms with Gasteiger partial charge in [-0.05, 0) is 24.8 Å². The van der Waals surface area contributed by atoms with Crippen LogP contribution in [0.2, 0.25) is 0 Å². The van der Waals surface area contributed by atoms with E-state index in [1.165, 1.54) is 32.1 Å². The van der Waals surface area contributed by atoms with Gasteiger partial charge in [-0.2, -0.15) is 0 Å². The molecule has 0 atom stereocenters. The second kappa shape index (κ2) is 5.19. The molecule has 2 rings (SSSR count). The van der Waals surface area contributed by atoms with E-state index in [1.54, 1.807) is 6.20 Å². The fourth-order valence-corrected chi connectivity index (χ4v) is 2.49. The Hall–Kier alpha value is -1.25. The van der Waals surface area contributed by atoms with Crippen LogP contribution in [-0.4, -0.2) is 18.6 Å². The molecular weight excluding hydrogens is 198 g/mol. The first-order valence-electron chi connectivity index (χ1n) is 6.18. The van der Waals surface area contributed by atoms with Gasteiger partial charge in [-0.1, -0.05) is 19.3 Å². The van der Waals surface area contributed by atoms with Gasteiger partial charge in [-0.25, -0.2) is 4.98 Å². The van der Waals surface area contributed by atoms with E-state index in [4.69, 9.17) is 5.73 Å². The number of anilines is 2. The van der Waals surface area contributed by atoms with E-state index in [0.717, 1.165) is 24.0 Å². The topological polar surface area (TPSA) is 42.1 Å². The Morgan fingerprint density at radius 1 is 1.38 bits per heavy atom. The molecule has 0 amide bonds. The summed E-state index contributed by atoms with van der Waals surface area (Å²) in [5.41, 5.74) is 6.56. The normalized spacial score (nSPS) is 17.3. The molecule has 88 valence electrons. The molecule has 1 heterocycles. The predicted octanol–water partition coefficient (Wildman–Crippen LogP) is 2.68. The molecule has 0 spiro atoms. The van der Waals surface area contributed by atoms with Crippen LogP contribution in [0.4, 0.5) is 11.5 Å². The van der Waals surface area contributed by atoms with Gasteiger partial charge in [0.05, 0.1) is 0 Å². The number of nitrogens with zero attached hydrogens (tertiary/aromatic N) is 2. The average Bonchev–Trinajstić information content (AvgIpc) is 2.30. The fraction of sp³-hybridized carbons (Fsp3) is 0.615. The summed E-state index contributed by atoms with van der Waals surface area (Å²) in [4.78, 5) is 6.58. The molecular formula is C13H21N3. The van der Waals surface area contributed by atoms with Gasteiger partial charge in [0.2, 0.25) is 0 Å². The van der Waals surface area contributed by atoms with Gasteiger partial charge in [-0.15, -0.1) is 0 Å². The molecule has 1 aromatic heterocycles. The Balaban J connectivity index is 1.94. The van der Waals surface area contributed by atoms with Gasteiger partial charge in [0.1, 0.15) is 5.82 Å². The lowest BCUT2D eigenvalue weighted by Crippen LogP contribution is -2.27. The van der Waals surface area contributed by atoms with Crippen molar-refractivity contribution >= 4 is 11.5 Å². The second-order valence-electron chi connectivity index (χ2n) is 4.83. The van der Waals surface area contributed by atoms with Crippen LogP contribution in [0.1, 0.15) is 32.1 Å². The summed E-state index contributed by atoms with van der Waals surface area (Å²) >= 11 is 0. The van der Waals surface area contributed by atoms with Gasteiger partial charge < -0.3 is 10.6 Å². The highest BCUT2D eigenvalue weighted by Crippen LogP contribution is 2.25. The Bertz CT molecular complexity index is 332. The van der Waals surface area contributed by atoms with Crippen LogP contribution in [-0.2, 0) is 0 Å². The first kappa shape index (κ1) is 11.2. The standard InChI is InChI=1S/C13H21N3/c1-16(10-11-5-3-2-4-6-11)13-9-12(14)7-8-15-13/h7-9,11H,2-6,10H2,1H3,(H2,14,15). The Morgan fingerprint density at radius 2 is 2.12 bits per heavy atom. The summed E-state index contributed by atoms with van der Waals surface area (Å²) in [5, 5.41) is 0. The van der Waals surface area contributed by atoms with Gasteiger partial charge >= 0.3 is 0 Å². The van der Waals surface area contributed by atoms with E-state index in [1.807, 2.05) is 12.1 Å².